The second-order valence-electron chi connectivity index (χ2n) is 7.67. The third kappa shape index (κ3) is 3.05. The Hall–Kier alpha value is -2.89. The highest BCUT2D eigenvalue weighted by Crippen LogP contribution is 2.51. The van der Waals surface area contributed by atoms with Gasteiger partial charge in [0.2, 0.25) is 5.56 Å². The Kier molecular flexibility index (Phi) is 4.34. The van der Waals surface area contributed by atoms with Crippen LogP contribution >= 0.6 is 0 Å². The molecule has 1 aliphatic heterocycles. The van der Waals surface area contributed by atoms with E-state index in [1.807, 2.05) is 18.2 Å². The van der Waals surface area contributed by atoms with Crippen LogP contribution in [0.4, 0.5) is 0 Å². The van der Waals surface area contributed by atoms with Crippen molar-refractivity contribution in [2.75, 3.05) is 13.1 Å². The molecule has 1 saturated carbocycles. The first-order valence-electron chi connectivity index (χ1n) is 9.26. The molecule has 0 spiro atoms. The summed E-state index contributed by atoms with van der Waals surface area (Å²) in [4.78, 5) is 40.4. The zero-order valence-electron chi connectivity index (χ0n) is 14.9. The number of hydrogen-bond donors (Lipinski definition) is 2. The van der Waals surface area contributed by atoms with Crippen molar-refractivity contribution in [1.29, 1.82) is 0 Å². The van der Waals surface area contributed by atoms with Crippen LogP contribution in [0, 0.1) is 11.3 Å². The van der Waals surface area contributed by atoms with Crippen LogP contribution in [0.3, 0.4) is 0 Å². The number of likely N-dealkylation sites (tertiary alicyclic amines) is 1. The van der Waals surface area contributed by atoms with Gasteiger partial charge in [0.15, 0.2) is 0 Å². The molecule has 2 aromatic rings. The Morgan fingerprint density at radius 1 is 1.15 bits per heavy atom. The number of carboxylic acids is 1. The molecular weight excluding hydrogens is 344 g/mol. The SMILES string of the molecule is O=C(c1ccc(=O)[nH]c1)N1C[C@@H]2C[C@@H](c3ccccc3)CC[C@]2(C(=O)O)C1. The molecular formula is C21H22N2O4. The minimum absolute atomic E-state index is 0.0688. The number of carbonyl (C=O) groups is 2. The summed E-state index contributed by atoms with van der Waals surface area (Å²) >= 11 is 0. The highest BCUT2D eigenvalue weighted by molar-refractivity contribution is 5.94. The van der Waals surface area contributed by atoms with Gasteiger partial charge in [-0.25, -0.2) is 0 Å². The van der Waals surface area contributed by atoms with Gasteiger partial charge in [-0.3, -0.25) is 14.4 Å². The van der Waals surface area contributed by atoms with Crippen molar-refractivity contribution in [2.45, 2.75) is 25.2 Å². The van der Waals surface area contributed by atoms with Gasteiger partial charge in [0.1, 0.15) is 0 Å². The summed E-state index contributed by atoms with van der Waals surface area (Å²) in [6, 6.07) is 13.0. The maximum absolute atomic E-state index is 12.8. The molecule has 3 atom stereocenters. The fourth-order valence-electron chi connectivity index (χ4n) is 4.71. The number of hydrogen-bond acceptors (Lipinski definition) is 3. The Labute approximate surface area is 156 Å². The van der Waals surface area contributed by atoms with Crippen LogP contribution in [-0.2, 0) is 4.79 Å². The third-order valence-electron chi connectivity index (χ3n) is 6.22. The van der Waals surface area contributed by atoms with Crippen LogP contribution in [0.1, 0.15) is 41.1 Å². The molecule has 1 saturated heterocycles. The lowest BCUT2D eigenvalue weighted by molar-refractivity contribution is -0.152. The number of aromatic nitrogens is 1. The molecule has 1 aliphatic carbocycles. The van der Waals surface area contributed by atoms with Gasteiger partial charge in [-0.15, -0.1) is 0 Å². The summed E-state index contributed by atoms with van der Waals surface area (Å²) in [7, 11) is 0. The zero-order valence-corrected chi connectivity index (χ0v) is 14.9. The molecule has 6 nitrogen and oxygen atoms in total. The first kappa shape index (κ1) is 17.5. The first-order valence-corrected chi connectivity index (χ1v) is 9.26. The first-order chi connectivity index (χ1) is 13.0. The fraction of sp³-hybridized carbons (Fsp3) is 0.381. The van der Waals surface area contributed by atoms with E-state index in [1.54, 1.807) is 4.90 Å². The molecule has 27 heavy (non-hydrogen) atoms. The summed E-state index contributed by atoms with van der Waals surface area (Å²) < 4.78 is 0. The number of amides is 1. The predicted octanol–water partition coefficient (Wildman–Crippen LogP) is 2.49. The van der Waals surface area contributed by atoms with Gasteiger partial charge in [-0.05, 0) is 42.7 Å². The number of benzene rings is 1. The molecule has 1 amide bonds. The van der Waals surface area contributed by atoms with Crippen LogP contribution in [-0.4, -0.2) is 40.0 Å². The normalized spacial score (nSPS) is 27.2. The van der Waals surface area contributed by atoms with Gasteiger partial charge in [0.05, 0.1) is 11.0 Å². The van der Waals surface area contributed by atoms with Crippen LogP contribution in [0.2, 0.25) is 0 Å². The molecule has 2 N–H and O–H groups in total. The van der Waals surface area contributed by atoms with Crippen LogP contribution in [0.15, 0.2) is 53.5 Å². The molecule has 0 radical (unpaired) electrons. The van der Waals surface area contributed by atoms with Gasteiger partial charge in [0.25, 0.3) is 5.91 Å². The molecule has 2 fully saturated rings. The second-order valence-corrected chi connectivity index (χ2v) is 7.67. The van der Waals surface area contributed by atoms with E-state index in [2.05, 4.69) is 17.1 Å². The molecule has 140 valence electrons. The van der Waals surface area contributed by atoms with E-state index in [4.69, 9.17) is 0 Å². The van der Waals surface area contributed by atoms with Gasteiger partial charge >= 0.3 is 5.97 Å². The number of aromatic amines is 1. The quantitative estimate of drug-likeness (QED) is 0.873. The van der Waals surface area contributed by atoms with Crippen molar-refractivity contribution in [3.05, 3.63) is 70.1 Å². The van der Waals surface area contributed by atoms with Gasteiger partial charge < -0.3 is 15.0 Å². The standard InChI is InChI=1S/C21H22N2O4/c24-18-7-6-16(11-22-18)19(25)23-12-17-10-15(14-4-2-1-3-5-14)8-9-21(17,13-23)20(26)27/h1-7,11,15,17H,8-10,12-13H2,(H,22,24)(H,26,27)/t15-,17-,21-/m0/s1. The topological polar surface area (TPSA) is 90.5 Å². The maximum atomic E-state index is 12.8. The van der Waals surface area contributed by atoms with Crippen LogP contribution in [0.5, 0.6) is 0 Å². The van der Waals surface area contributed by atoms with Crippen molar-refractivity contribution in [3.63, 3.8) is 0 Å². The van der Waals surface area contributed by atoms with E-state index in [0.717, 1.165) is 12.8 Å². The minimum atomic E-state index is -0.872. The van der Waals surface area contributed by atoms with E-state index < -0.39 is 11.4 Å². The lowest BCUT2D eigenvalue weighted by Crippen LogP contribution is -2.43. The third-order valence-corrected chi connectivity index (χ3v) is 6.22. The number of rotatable bonds is 3. The number of nitrogens with zero attached hydrogens (tertiary/aromatic N) is 1. The number of fused-ring (bicyclic) bond motifs is 1. The van der Waals surface area contributed by atoms with Crippen LogP contribution < -0.4 is 5.56 Å². The zero-order chi connectivity index (χ0) is 19.0. The molecule has 1 aromatic carbocycles. The number of H-pyrrole nitrogens is 1. The Morgan fingerprint density at radius 3 is 2.59 bits per heavy atom. The van der Waals surface area contributed by atoms with Crippen molar-refractivity contribution < 1.29 is 14.7 Å². The van der Waals surface area contributed by atoms with E-state index in [9.17, 15) is 19.5 Å². The Balaban J connectivity index is 1.58. The van der Waals surface area contributed by atoms with Gasteiger partial charge in [0, 0.05) is 25.4 Å². The summed E-state index contributed by atoms with van der Waals surface area (Å²) in [5.41, 5.74) is 0.480. The van der Waals surface area contributed by atoms with Gasteiger partial charge in [-0.1, -0.05) is 30.3 Å². The molecule has 4 rings (SSSR count). The average Bonchev–Trinajstić information content (AvgIpc) is 3.09. The lowest BCUT2D eigenvalue weighted by atomic mass is 9.64. The molecule has 1 aromatic heterocycles. The highest BCUT2D eigenvalue weighted by Gasteiger charge is 2.55. The molecule has 6 heteroatoms. The van der Waals surface area contributed by atoms with Crippen LogP contribution in [0.25, 0.3) is 0 Å². The summed E-state index contributed by atoms with van der Waals surface area (Å²) in [6.07, 6.45) is 3.55. The van der Waals surface area contributed by atoms with E-state index in [1.165, 1.54) is 23.9 Å². The summed E-state index contributed by atoms with van der Waals surface area (Å²) in [6.45, 7) is 0.667. The molecule has 2 aliphatic rings. The number of aliphatic carboxylic acids is 1. The smallest absolute Gasteiger partial charge is 0.311 e. The lowest BCUT2D eigenvalue weighted by Gasteiger charge is -2.38. The highest BCUT2D eigenvalue weighted by atomic mass is 16.4. The van der Waals surface area contributed by atoms with Crippen molar-refractivity contribution in [2.24, 2.45) is 11.3 Å². The number of carboxylic acid groups (broad SMARTS) is 1. The van der Waals surface area contributed by atoms with Gasteiger partial charge in [-0.2, -0.15) is 0 Å². The van der Waals surface area contributed by atoms with Crippen molar-refractivity contribution in [3.8, 4) is 0 Å². The fourth-order valence-corrected chi connectivity index (χ4v) is 4.71. The monoisotopic (exact) mass is 366 g/mol. The molecule has 0 unspecified atom stereocenters. The Bertz CT molecular complexity index is 903. The van der Waals surface area contributed by atoms with E-state index >= 15 is 0 Å². The summed E-state index contributed by atoms with van der Waals surface area (Å²) in [5, 5.41) is 9.98. The summed E-state index contributed by atoms with van der Waals surface area (Å²) in [5.74, 6) is -0.777. The Morgan fingerprint density at radius 2 is 1.93 bits per heavy atom. The van der Waals surface area contributed by atoms with E-state index in [0.29, 0.717) is 24.4 Å². The predicted molar refractivity (Wildman–Crippen MR) is 99.6 cm³/mol. The minimum Gasteiger partial charge on any atom is -0.481 e. The number of pyridine rings is 1. The number of nitrogens with one attached hydrogen (secondary N) is 1. The maximum Gasteiger partial charge on any atom is 0.311 e. The van der Waals surface area contributed by atoms with Crippen molar-refractivity contribution in [1.82, 2.24) is 9.88 Å². The molecule has 0 bridgehead atoms. The molecule has 2 heterocycles. The second kappa shape index (κ2) is 6.68. The number of carbonyl (C=O) groups excluding carboxylic acids is 1. The largest absolute Gasteiger partial charge is 0.481 e. The van der Waals surface area contributed by atoms with Crippen molar-refractivity contribution >= 4 is 11.9 Å². The van der Waals surface area contributed by atoms with E-state index in [-0.39, 0.29) is 23.9 Å². The average molecular weight is 366 g/mol.